The number of ether oxygens (including phenoxy) is 1. The number of morpholine rings is 1. The highest BCUT2D eigenvalue weighted by atomic mass is 32.1. The fraction of sp³-hybridized carbons (Fsp3) is 0.273. The minimum Gasteiger partial charge on any atom is -0.419 e. The SMILES string of the molecule is CC(=O)Nc1cc(-c2nc(C(F)(F)F)cs2)c(-c2cncc(-c3nnc([C@H]4COCCN4)o3)c2)cn1. The maximum absolute atomic E-state index is 13.2. The van der Waals surface area contributed by atoms with E-state index in [1.54, 1.807) is 6.07 Å². The van der Waals surface area contributed by atoms with Gasteiger partial charge < -0.3 is 19.8 Å². The summed E-state index contributed by atoms with van der Waals surface area (Å²) in [4.78, 5) is 23.8. The summed E-state index contributed by atoms with van der Waals surface area (Å²) in [5.41, 5.74) is 0.852. The molecule has 1 atom stereocenters. The molecule has 4 aromatic heterocycles. The summed E-state index contributed by atoms with van der Waals surface area (Å²) in [7, 11) is 0. The minimum atomic E-state index is -4.59. The molecule has 4 aromatic rings. The molecule has 2 N–H and O–H groups in total. The summed E-state index contributed by atoms with van der Waals surface area (Å²) in [5.74, 6) is 0.409. The van der Waals surface area contributed by atoms with E-state index in [1.807, 2.05) is 0 Å². The van der Waals surface area contributed by atoms with Crippen molar-refractivity contribution in [3.8, 4) is 33.2 Å². The molecule has 5 rings (SSSR count). The van der Waals surface area contributed by atoms with Crippen molar-refractivity contribution in [3.63, 3.8) is 0 Å². The van der Waals surface area contributed by atoms with E-state index in [0.29, 0.717) is 47.9 Å². The van der Waals surface area contributed by atoms with E-state index in [9.17, 15) is 18.0 Å². The molecule has 1 fully saturated rings. The highest BCUT2D eigenvalue weighted by molar-refractivity contribution is 7.13. The predicted molar refractivity (Wildman–Crippen MR) is 123 cm³/mol. The number of amides is 1. The molecule has 0 unspecified atom stereocenters. The summed E-state index contributed by atoms with van der Waals surface area (Å²) < 4.78 is 50.8. The number of carbonyl (C=O) groups excluding carboxylic acids is 1. The van der Waals surface area contributed by atoms with Gasteiger partial charge in [-0.2, -0.15) is 13.2 Å². The lowest BCUT2D eigenvalue weighted by Gasteiger charge is -2.20. The van der Waals surface area contributed by atoms with Gasteiger partial charge in [-0.25, -0.2) is 9.97 Å². The Morgan fingerprint density at radius 2 is 2.00 bits per heavy atom. The number of halogens is 3. The first kappa shape index (κ1) is 24.0. The molecule has 0 bridgehead atoms. The van der Waals surface area contributed by atoms with Crippen molar-refractivity contribution in [3.05, 3.63) is 47.7 Å². The van der Waals surface area contributed by atoms with Crippen molar-refractivity contribution in [2.45, 2.75) is 19.1 Å². The maximum atomic E-state index is 13.2. The summed E-state index contributed by atoms with van der Waals surface area (Å²) in [5, 5.41) is 15.0. The van der Waals surface area contributed by atoms with E-state index in [-0.39, 0.29) is 28.7 Å². The molecular formula is C22H18F3N7O3S. The van der Waals surface area contributed by atoms with Crippen LogP contribution in [0.25, 0.3) is 33.2 Å². The summed E-state index contributed by atoms with van der Waals surface area (Å²) in [6.45, 7) is 2.98. The van der Waals surface area contributed by atoms with Crippen LogP contribution < -0.4 is 10.6 Å². The number of pyridine rings is 2. The van der Waals surface area contributed by atoms with Crippen LogP contribution in [0.1, 0.15) is 24.6 Å². The number of rotatable bonds is 5. The Kier molecular flexibility index (Phi) is 6.47. The largest absolute Gasteiger partial charge is 0.434 e. The number of aromatic nitrogens is 5. The standard InChI is InChI=1S/C22H18F3N7O3S/c1-11(33)29-18-5-14(21-30-17(10-36-21)22(23,24)25)15(8-28-18)12-4-13(7-26-6-12)19-31-32-20(35-19)16-9-34-3-2-27-16/h4-8,10,16,27H,2-3,9H2,1H3,(H,28,29,33)/t16-/m1/s1. The number of hydrogen-bond acceptors (Lipinski definition) is 10. The smallest absolute Gasteiger partial charge is 0.419 e. The molecule has 14 heteroatoms. The molecule has 5 heterocycles. The van der Waals surface area contributed by atoms with Gasteiger partial charge in [0.25, 0.3) is 0 Å². The normalized spacial score (nSPS) is 16.2. The number of alkyl halides is 3. The quantitative estimate of drug-likeness (QED) is 0.404. The molecule has 0 aromatic carbocycles. The average molecular weight is 517 g/mol. The maximum Gasteiger partial charge on any atom is 0.434 e. The summed E-state index contributed by atoms with van der Waals surface area (Å²) in [6.07, 6.45) is -0.0694. The van der Waals surface area contributed by atoms with E-state index in [4.69, 9.17) is 9.15 Å². The van der Waals surface area contributed by atoms with Crippen molar-refractivity contribution < 1.29 is 27.1 Å². The van der Waals surface area contributed by atoms with Gasteiger partial charge in [-0.05, 0) is 12.1 Å². The Morgan fingerprint density at radius 1 is 1.17 bits per heavy atom. The zero-order valence-electron chi connectivity index (χ0n) is 18.7. The first-order chi connectivity index (χ1) is 17.3. The molecule has 36 heavy (non-hydrogen) atoms. The lowest BCUT2D eigenvalue weighted by Crippen LogP contribution is -2.34. The monoisotopic (exact) mass is 517 g/mol. The Bertz CT molecular complexity index is 1400. The topological polar surface area (TPSA) is 128 Å². The van der Waals surface area contributed by atoms with Gasteiger partial charge in [0.15, 0.2) is 5.69 Å². The van der Waals surface area contributed by atoms with Gasteiger partial charge in [-0.1, -0.05) is 0 Å². The van der Waals surface area contributed by atoms with Crippen molar-refractivity contribution in [1.82, 2.24) is 30.5 Å². The van der Waals surface area contributed by atoms with Gasteiger partial charge in [0.1, 0.15) is 16.9 Å². The Morgan fingerprint density at radius 3 is 2.72 bits per heavy atom. The van der Waals surface area contributed by atoms with Crippen LogP contribution in [0.4, 0.5) is 19.0 Å². The number of carbonyl (C=O) groups is 1. The molecular weight excluding hydrogens is 499 g/mol. The zero-order chi connectivity index (χ0) is 25.3. The van der Waals surface area contributed by atoms with Crippen molar-refractivity contribution in [2.24, 2.45) is 0 Å². The van der Waals surface area contributed by atoms with Crippen molar-refractivity contribution in [2.75, 3.05) is 25.1 Å². The first-order valence-corrected chi connectivity index (χ1v) is 11.6. The average Bonchev–Trinajstić information content (AvgIpc) is 3.55. The van der Waals surface area contributed by atoms with Gasteiger partial charge in [-0.3, -0.25) is 9.78 Å². The van der Waals surface area contributed by atoms with Crippen LogP contribution in [-0.4, -0.2) is 50.8 Å². The summed E-state index contributed by atoms with van der Waals surface area (Å²) >= 11 is 0.834. The number of anilines is 1. The number of thiazole rings is 1. The zero-order valence-corrected chi connectivity index (χ0v) is 19.5. The third kappa shape index (κ3) is 5.10. The number of hydrogen-bond donors (Lipinski definition) is 2. The number of nitrogens with one attached hydrogen (secondary N) is 2. The molecule has 0 radical (unpaired) electrons. The lowest BCUT2D eigenvalue weighted by molar-refractivity contribution is -0.140. The van der Waals surface area contributed by atoms with Crippen molar-refractivity contribution >= 4 is 23.1 Å². The van der Waals surface area contributed by atoms with Gasteiger partial charge in [0.2, 0.25) is 17.7 Å². The second-order valence-corrected chi connectivity index (χ2v) is 8.68. The lowest BCUT2D eigenvalue weighted by atomic mass is 10.0. The Hall–Kier alpha value is -3.75. The fourth-order valence-corrected chi connectivity index (χ4v) is 4.42. The first-order valence-electron chi connectivity index (χ1n) is 10.7. The Balaban J connectivity index is 1.53. The molecule has 0 saturated carbocycles. The molecule has 1 aliphatic heterocycles. The summed E-state index contributed by atoms with van der Waals surface area (Å²) in [6, 6.07) is 2.97. The number of nitrogens with zero attached hydrogens (tertiary/aromatic N) is 5. The van der Waals surface area contributed by atoms with Gasteiger partial charge >= 0.3 is 6.18 Å². The highest BCUT2D eigenvalue weighted by Crippen LogP contribution is 2.39. The van der Waals surface area contributed by atoms with Crippen LogP contribution in [-0.2, 0) is 15.7 Å². The molecule has 1 amide bonds. The van der Waals surface area contributed by atoms with Gasteiger partial charge in [-0.15, -0.1) is 21.5 Å². The second-order valence-electron chi connectivity index (χ2n) is 7.82. The van der Waals surface area contributed by atoms with Crippen LogP contribution in [0.2, 0.25) is 0 Å². The predicted octanol–water partition coefficient (Wildman–Crippen LogP) is 3.96. The van der Waals surface area contributed by atoms with E-state index in [0.717, 1.165) is 16.7 Å². The minimum absolute atomic E-state index is 0.111. The fourth-order valence-electron chi connectivity index (χ4n) is 3.56. The second kappa shape index (κ2) is 9.72. The van der Waals surface area contributed by atoms with E-state index < -0.39 is 11.9 Å². The molecule has 1 saturated heterocycles. The molecule has 10 nitrogen and oxygen atoms in total. The molecule has 0 spiro atoms. The van der Waals surface area contributed by atoms with Gasteiger partial charge in [0, 0.05) is 54.1 Å². The van der Waals surface area contributed by atoms with E-state index in [2.05, 4.69) is 35.8 Å². The van der Waals surface area contributed by atoms with Crippen LogP contribution in [0.5, 0.6) is 0 Å². The Labute approximate surface area is 206 Å². The van der Waals surface area contributed by atoms with Crippen molar-refractivity contribution in [1.29, 1.82) is 0 Å². The third-order valence-electron chi connectivity index (χ3n) is 5.19. The van der Waals surface area contributed by atoms with Crippen LogP contribution in [0.15, 0.2) is 40.5 Å². The van der Waals surface area contributed by atoms with Crippen LogP contribution >= 0.6 is 11.3 Å². The molecule has 0 aliphatic carbocycles. The molecule has 1 aliphatic rings. The van der Waals surface area contributed by atoms with Crippen LogP contribution in [0, 0.1) is 0 Å². The van der Waals surface area contributed by atoms with Crippen LogP contribution in [0.3, 0.4) is 0 Å². The highest BCUT2D eigenvalue weighted by Gasteiger charge is 2.34. The molecule has 186 valence electrons. The van der Waals surface area contributed by atoms with Gasteiger partial charge in [0.05, 0.1) is 18.8 Å². The van der Waals surface area contributed by atoms with E-state index in [1.165, 1.54) is 31.6 Å². The van der Waals surface area contributed by atoms with E-state index >= 15 is 0 Å². The third-order valence-corrected chi connectivity index (χ3v) is 6.07.